The molecule has 0 aliphatic heterocycles. The van der Waals surface area contributed by atoms with Gasteiger partial charge >= 0.3 is 0 Å². The Hall–Kier alpha value is -0.140. The Kier molecular flexibility index (Phi) is 6.43. The Bertz CT molecular complexity index is 414. The highest BCUT2D eigenvalue weighted by molar-refractivity contribution is 9.10. The molecule has 0 aliphatic carbocycles. The predicted molar refractivity (Wildman–Crippen MR) is 71.0 cm³/mol. The maximum atomic E-state index is 10.8. The minimum Gasteiger partial charge on any atom is -0.489 e. The summed E-state index contributed by atoms with van der Waals surface area (Å²) in [6, 6.07) is 3.42. The van der Waals surface area contributed by atoms with E-state index in [1.807, 2.05) is 0 Å². The van der Waals surface area contributed by atoms with E-state index in [1.54, 1.807) is 19.2 Å². The van der Waals surface area contributed by atoms with Gasteiger partial charge in [0.25, 0.3) is 0 Å². The van der Waals surface area contributed by atoms with Crippen molar-refractivity contribution in [3.8, 4) is 5.75 Å². The number of benzene rings is 1. The predicted octanol–water partition coefficient (Wildman–Crippen LogP) is 2.85. The van der Waals surface area contributed by atoms with Crippen molar-refractivity contribution < 1.29 is 18.2 Å². The quantitative estimate of drug-likeness (QED) is 0.637. The van der Waals surface area contributed by atoms with Gasteiger partial charge < -0.3 is 14.0 Å². The first-order chi connectivity index (χ1) is 8.06. The fourth-order valence-corrected chi connectivity index (χ4v) is 2.25. The first-order valence-corrected chi connectivity index (χ1v) is 7.17. The van der Waals surface area contributed by atoms with E-state index in [9.17, 15) is 4.21 Å². The summed E-state index contributed by atoms with van der Waals surface area (Å²) in [4.78, 5) is 0. The Balaban J connectivity index is 2.95. The summed E-state index contributed by atoms with van der Waals surface area (Å²) in [6.07, 6.45) is 0. The van der Waals surface area contributed by atoms with Crippen LogP contribution in [0.1, 0.15) is 5.56 Å². The van der Waals surface area contributed by atoms with E-state index in [2.05, 4.69) is 15.9 Å². The second-order valence-electron chi connectivity index (χ2n) is 3.16. The van der Waals surface area contributed by atoms with Gasteiger partial charge in [0, 0.05) is 17.1 Å². The van der Waals surface area contributed by atoms with Gasteiger partial charge in [-0.15, -0.1) is 0 Å². The van der Waals surface area contributed by atoms with E-state index in [0.717, 1.165) is 0 Å². The van der Waals surface area contributed by atoms with Crippen molar-refractivity contribution >= 4 is 38.6 Å². The molecule has 0 bridgehead atoms. The lowest BCUT2D eigenvalue weighted by Gasteiger charge is -2.13. The molecule has 0 radical (unpaired) electrons. The molecule has 0 amide bonds. The van der Waals surface area contributed by atoms with Gasteiger partial charge in [-0.2, -0.15) is 0 Å². The Labute approximate surface area is 116 Å². The number of hydrogen-bond donors (Lipinski definition) is 1. The number of hydrogen-bond acceptors (Lipinski definition) is 3. The Morgan fingerprint density at radius 3 is 2.76 bits per heavy atom. The van der Waals surface area contributed by atoms with Crippen LogP contribution in [0.2, 0.25) is 5.02 Å². The second kappa shape index (κ2) is 7.33. The lowest BCUT2D eigenvalue weighted by molar-refractivity contribution is 0.146. The summed E-state index contributed by atoms with van der Waals surface area (Å²) in [5.41, 5.74) is 0.593. The standard InChI is InChI=1S/C10H12BrClO4S/c1-15-4-5-16-10-7(6-17(13)14)2-3-8(11)9(10)12/h2-3H,4-6H2,1H3,(H,13,14). The molecule has 0 spiro atoms. The molecule has 0 aliphatic rings. The molecule has 1 aromatic rings. The second-order valence-corrected chi connectivity index (χ2v) is 5.32. The molecule has 0 saturated heterocycles. The van der Waals surface area contributed by atoms with Crippen LogP contribution in [0.3, 0.4) is 0 Å². The minimum atomic E-state index is -1.93. The zero-order valence-corrected chi connectivity index (χ0v) is 12.3. The van der Waals surface area contributed by atoms with Crippen LogP contribution in [-0.2, 0) is 21.6 Å². The summed E-state index contributed by atoms with van der Waals surface area (Å²) < 4.78 is 30.7. The molecule has 17 heavy (non-hydrogen) atoms. The zero-order valence-electron chi connectivity index (χ0n) is 9.11. The van der Waals surface area contributed by atoms with Gasteiger partial charge in [-0.3, -0.25) is 0 Å². The largest absolute Gasteiger partial charge is 0.489 e. The van der Waals surface area contributed by atoms with Gasteiger partial charge in [0.2, 0.25) is 0 Å². The first kappa shape index (κ1) is 14.9. The Morgan fingerprint density at radius 2 is 2.18 bits per heavy atom. The van der Waals surface area contributed by atoms with Crippen molar-refractivity contribution in [2.45, 2.75) is 5.75 Å². The molecule has 1 atom stereocenters. The fraction of sp³-hybridized carbons (Fsp3) is 0.400. The normalized spacial score (nSPS) is 12.5. The smallest absolute Gasteiger partial charge is 0.157 e. The van der Waals surface area contributed by atoms with Crippen molar-refractivity contribution in [1.29, 1.82) is 0 Å². The minimum absolute atomic E-state index is 0.0185. The van der Waals surface area contributed by atoms with Crippen LogP contribution in [0.4, 0.5) is 0 Å². The van der Waals surface area contributed by atoms with Gasteiger partial charge in [0.1, 0.15) is 12.4 Å². The van der Waals surface area contributed by atoms with E-state index in [4.69, 9.17) is 25.6 Å². The summed E-state index contributed by atoms with van der Waals surface area (Å²) in [6.45, 7) is 0.752. The molecule has 4 nitrogen and oxygen atoms in total. The molecule has 1 unspecified atom stereocenters. The maximum Gasteiger partial charge on any atom is 0.157 e. The average Bonchev–Trinajstić information content (AvgIpc) is 2.27. The van der Waals surface area contributed by atoms with Crippen LogP contribution in [0, 0.1) is 0 Å². The third kappa shape index (κ3) is 4.56. The van der Waals surface area contributed by atoms with E-state index >= 15 is 0 Å². The number of rotatable bonds is 6. The monoisotopic (exact) mass is 342 g/mol. The molecule has 7 heteroatoms. The molecule has 0 aromatic heterocycles. The van der Waals surface area contributed by atoms with Gasteiger partial charge in [0.15, 0.2) is 11.1 Å². The summed E-state index contributed by atoms with van der Waals surface area (Å²) in [5, 5.41) is 0.393. The van der Waals surface area contributed by atoms with Crippen molar-refractivity contribution in [2.75, 3.05) is 20.3 Å². The summed E-state index contributed by atoms with van der Waals surface area (Å²) in [5.74, 6) is 0.399. The van der Waals surface area contributed by atoms with Gasteiger partial charge in [-0.1, -0.05) is 17.7 Å². The molecule has 0 saturated carbocycles. The van der Waals surface area contributed by atoms with Gasteiger partial charge in [-0.05, 0) is 22.0 Å². The van der Waals surface area contributed by atoms with Crippen molar-refractivity contribution in [3.63, 3.8) is 0 Å². The highest BCUT2D eigenvalue weighted by atomic mass is 79.9. The molecule has 96 valence electrons. The van der Waals surface area contributed by atoms with Crippen LogP contribution in [0.25, 0.3) is 0 Å². The fourth-order valence-electron chi connectivity index (χ4n) is 1.20. The van der Waals surface area contributed by atoms with Crippen molar-refractivity contribution in [3.05, 3.63) is 27.2 Å². The van der Waals surface area contributed by atoms with E-state index in [-0.39, 0.29) is 5.75 Å². The van der Waals surface area contributed by atoms with Gasteiger partial charge in [-0.25, -0.2) is 4.21 Å². The third-order valence-electron chi connectivity index (χ3n) is 1.94. The average molecular weight is 344 g/mol. The summed E-state index contributed by atoms with van der Waals surface area (Å²) in [7, 11) is 1.57. The zero-order chi connectivity index (χ0) is 12.8. The maximum absolute atomic E-state index is 10.8. The SMILES string of the molecule is COCCOc1c(CS(=O)O)ccc(Br)c1Cl. The molecule has 0 fully saturated rings. The lowest BCUT2D eigenvalue weighted by atomic mass is 10.2. The van der Waals surface area contributed by atoms with Crippen molar-refractivity contribution in [1.82, 2.24) is 0 Å². The molecule has 1 rings (SSSR count). The number of halogens is 2. The van der Waals surface area contributed by atoms with Crippen LogP contribution in [-0.4, -0.2) is 29.1 Å². The molecular weight excluding hydrogens is 332 g/mol. The highest BCUT2D eigenvalue weighted by Gasteiger charge is 2.13. The number of methoxy groups -OCH3 is 1. The Morgan fingerprint density at radius 1 is 1.47 bits per heavy atom. The highest BCUT2D eigenvalue weighted by Crippen LogP contribution is 2.35. The molecule has 1 aromatic carbocycles. The van der Waals surface area contributed by atoms with Crippen LogP contribution < -0.4 is 4.74 Å². The first-order valence-electron chi connectivity index (χ1n) is 4.72. The van der Waals surface area contributed by atoms with Gasteiger partial charge in [0.05, 0.1) is 17.4 Å². The molecule has 1 N–H and O–H groups in total. The number of ether oxygens (including phenoxy) is 2. The van der Waals surface area contributed by atoms with Crippen molar-refractivity contribution in [2.24, 2.45) is 0 Å². The van der Waals surface area contributed by atoms with E-state index in [0.29, 0.717) is 34.0 Å². The topological polar surface area (TPSA) is 55.8 Å². The lowest BCUT2D eigenvalue weighted by Crippen LogP contribution is -2.07. The van der Waals surface area contributed by atoms with Crippen LogP contribution in [0.15, 0.2) is 16.6 Å². The van der Waals surface area contributed by atoms with Crippen LogP contribution in [0.5, 0.6) is 5.75 Å². The van der Waals surface area contributed by atoms with E-state index < -0.39 is 11.1 Å². The summed E-state index contributed by atoms with van der Waals surface area (Å²) >= 11 is 7.41. The molecular formula is C10H12BrClO4S. The third-order valence-corrected chi connectivity index (χ3v) is 3.77. The molecule has 0 heterocycles. The van der Waals surface area contributed by atoms with E-state index in [1.165, 1.54) is 0 Å². The van der Waals surface area contributed by atoms with Crippen LogP contribution >= 0.6 is 27.5 Å².